The van der Waals surface area contributed by atoms with Gasteiger partial charge in [-0.15, -0.1) is 0 Å². The first-order chi connectivity index (χ1) is 9.54. The normalized spacial score (nSPS) is 11.0. The van der Waals surface area contributed by atoms with Gasteiger partial charge in [-0.25, -0.2) is 4.79 Å². The molecule has 1 aromatic carbocycles. The van der Waals surface area contributed by atoms with Crippen molar-refractivity contribution in [1.29, 1.82) is 0 Å². The Bertz CT molecular complexity index is 597. The summed E-state index contributed by atoms with van der Waals surface area (Å²) in [6.45, 7) is 6.21. The van der Waals surface area contributed by atoms with E-state index in [9.17, 15) is 9.90 Å². The Kier molecular flexibility index (Phi) is 4.23. The maximum atomic E-state index is 11.4. The topological polar surface area (TPSA) is 63.3 Å². The van der Waals surface area contributed by atoms with E-state index in [1.54, 1.807) is 0 Å². The van der Waals surface area contributed by atoms with E-state index in [4.69, 9.17) is 4.52 Å². The second kappa shape index (κ2) is 5.90. The number of rotatable bonds is 5. The summed E-state index contributed by atoms with van der Waals surface area (Å²) in [6, 6.07) is 7.80. The predicted molar refractivity (Wildman–Crippen MR) is 77.0 cm³/mol. The molecule has 0 atom stereocenters. The van der Waals surface area contributed by atoms with E-state index in [1.807, 2.05) is 31.2 Å². The van der Waals surface area contributed by atoms with Crippen LogP contribution in [0.15, 0.2) is 28.8 Å². The number of hydrogen-bond acceptors (Lipinski definition) is 3. The maximum absolute atomic E-state index is 11.4. The van der Waals surface area contributed by atoms with Crippen LogP contribution in [0.5, 0.6) is 0 Å². The summed E-state index contributed by atoms with van der Waals surface area (Å²) < 4.78 is 5.20. The summed E-state index contributed by atoms with van der Waals surface area (Å²) in [6.07, 6.45) is 1.40. The van der Waals surface area contributed by atoms with Gasteiger partial charge in [0.1, 0.15) is 11.3 Å². The van der Waals surface area contributed by atoms with Crippen LogP contribution in [0.2, 0.25) is 0 Å². The summed E-state index contributed by atoms with van der Waals surface area (Å²) >= 11 is 0. The second-order valence-electron chi connectivity index (χ2n) is 5.16. The molecule has 1 aromatic heterocycles. The molecule has 0 radical (unpaired) electrons. The largest absolute Gasteiger partial charge is 0.477 e. The third-order valence-electron chi connectivity index (χ3n) is 3.30. The summed E-state index contributed by atoms with van der Waals surface area (Å²) in [5.41, 5.74) is 2.58. The molecule has 2 rings (SSSR count). The van der Waals surface area contributed by atoms with Crippen molar-refractivity contribution in [3.8, 4) is 11.3 Å². The van der Waals surface area contributed by atoms with Gasteiger partial charge in [-0.1, -0.05) is 50.2 Å². The molecular weight excluding hydrogens is 254 g/mol. The SMILES string of the molecule is CCCc1onc(-c2ccc(C(C)C)cc2)c1C(=O)O. The predicted octanol–water partition coefficient (Wildman–Crippen LogP) is 4.12. The van der Waals surface area contributed by atoms with Gasteiger partial charge in [-0.05, 0) is 17.9 Å². The molecule has 4 heteroatoms. The first-order valence-electron chi connectivity index (χ1n) is 6.86. The lowest BCUT2D eigenvalue weighted by molar-refractivity contribution is 0.0695. The Hall–Kier alpha value is -2.10. The number of carbonyl (C=O) groups is 1. The Morgan fingerprint density at radius 2 is 1.95 bits per heavy atom. The second-order valence-corrected chi connectivity index (χ2v) is 5.16. The van der Waals surface area contributed by atoms with Crippen LogP contribution in [0.1, 0.15) is 54.8 Å². The summed E-state index contributed by atoms with van der Waals surface area (Å²) in [5.74, 6) is -0.100. The summed E-state index contributed by atoms with van der Waals surface area (Å²) in [7, 11) is 0. The summed E-state index contributed by atoms with van der Waals surface area (Å²) in [4.78, 5) is 11.4. The van der Waals surface area contributed by atoms with Crippen LogP contribution in [-0.4, -0.2) is 16.2 Å². The zero-order valence-corrected chi connectivity index (χ0v) is 12.0. The first kappa shape index (κ1) is 14.3. The van der Waals surface area contributed by atoms with Gasteiger partial charge >= 0.3 is 5.97 Å². The highest BCUT2D eigenvalue weighted by atomic mass is 16.5. The van der Waals surface area contributed by atoms with E-state index < -0.39 is 5.97 Å². The van der Waals surface area contributed by atoms with Crippen molar-refractivity contribution >= 4 is 5.97 Å². The van der Waals surface area contributed by atoms with Gasteiger partial charge in [-0.3, -0.25) is 0 Å². The smallest absolute Gasteiger partial charge is 0.341 e. The summed E-state index contributed by atoms with van der Waals surface area (Å²) in [5, 5.41) is 13.3. The van der Waals surface area contributed by atoms with Crippen molar-refractivity contribution in [2.45, 2.75) is 39.5 Å². The average Bonchev–Trinajstić information content (AvgIpc) is 2.83. The van der Waals surface area contributed by atoms with Gasteiger partial charge in [0.2, 0.25) is 0 Å². The molecule has 20 heavy (non-hydrogen) atoms. The van der Waals surface area contributed by atoms with E-state index in [0.717, 1.165) is 12.0 Å². The zero-order valence-electron chi connectivity index (χ0n) is 12.0. The van der Waals surface area contributed by atoms with Crippen LogP contribution in [0.4, 0.5) is 0 Å². The Morgan fingerprint density at radius 1 is 1.30 bits per heavy atom. The maximum Gasteiger partial charge on any atom is 0.341 e. The van der Waals surface area contributed by atoms with Crippen LogP contribution < -0.4 is 0 Å². The third kappa shape index (κ3) is 2.74. The van der Waals surface area contributed by atoms with Crippen LogP contribution in [0, 0.1) is 0 Å². The van der Waals surface area contributed by atoms with Crippen LogP contribution in [0.3, 0.4) is 0 Å². The van der Waals surface area contributed by atoms with Crippen molar-refractivity contribution in [2.75, 3.05) is 0 Å². The molecule has 0 spiro atoms. The highest BCUT2D eigenvalue weighted by Crippen LogP contribution is 2.27. The molecule has 0 saturated heterocycles. The van der Waals surface area contributed by atoms with E-state index in [1.165, 1.54) is 5.56 Å². The van der Waals surface area contributed by atoms with Gasteiger partial charge in [0.25, 0.3) is 0 Å². The number of nitrogens with zero attached hydrogens (tertiary/aromatic N) is 1. The van der Waals surface area contributed by atoms with Crippen LogP contribution in [-0.2, 0) is 6.42 Å². The molecule has 0 unspecified atom stereocenters. The molecule has 4 nitrogen and oxygen atoms in total. The Labute approximate surface area is 118 Å². The monoisotopic (exact) mass is 273 g/mol. The fourth-order valence-electron chi connectivity index (χ4n) is 2.17. The van der Waals surface area contributed by atoms with E-state index in [-0.39, 0.29) is 5.56 Å². The molecule has 0 saturated carbocycles. The number of aromatic nitrogens is 1. The fourth-order valence-corrected chi connectivity index (χ4v) is 2.17. The van der Waals surface area contributed by atoms with Crippen LogP contribution >= 0.6 is 0 Å². The van der Waals surface area contributed by atoms with Gasteiger partial charge in [-0.2, -0.15) is 0 Å². The quantitative estimate of drug-likeness (QED) is 0.890. The number of benzene rings is 1. The third-order valence-corrected chi connectivity index (χ3v) is 3.30. The first-order valence-corrected chi connectivity index (χ1v) is 6.86. The van der Waals surface area contributed by atoms with E-state index in [0.29, 0.717) is 23.8 Å². The lowest BCUT2D eigenvalue weighted by Crippen LogP contribution is -2.01. The minimum atomic E-state index is -0.988. The van der Waals surface area contributed by atoms with Gasteiger partial charge < -0.3 is 9.63 Å². The molecule has 106 valence electrons. The lowest BCUT2D eigenvalue weighted by atomic mass is 9.99. The molecule has 2 aromatic rings. The van der Waals surface area contributed by atoms with Crippen molar-refractivity contribution < 1.29 is 14.4 Å². The standard InChI is InChI=1S/C16H19NO3/c1-4-5-13-14(16(18)19)15(17-20-13)12-8-6-11(7-9-12)10(2)3/h6-10H,4-5H2,1-3H3,(H,18,19). The van der Waals surface area contributed by atoms with Gasteiger partial charge in [0.15, 0.2) is 5.76 Å². The number of carboxylic acid groups (broad SMARTS) is 1. The lowest BCUT2D eigenvalue weighted by Gasteiger charge is -2.05. The molecule has 0 aliphatic heterocycles. The number of aryl methyl sites for hydroxylation is 1. The van der Waals surface area contributed by atoms with Gasteiger partial charge in [0.05, 0.1) is 0 Å². The number of hydrogen-bond donors (Lipinski definition) is 1. The van der Waals surface area contributed by atoms with Crippen molar-refractivity contribution in [3.05, 3.63) is 41.2 Å². The molecule has 1 N–H and O–H groups in total. The highest BCUT2D eigenvalue weighted by molar-refractivity contribution is 5.95. The fraction of sp³-hybridized carbons (Fsp3) is 0.375. The number of carboxylic acids is 1. The van der Waals surface area contributed by atoms with E-state index >= 15 is 0 Å². The van der Waals surface area contributed by atoms with Crippen molar-refractivity contribution in [3.63, 3.8) is 0 Å². The van der Waals surface area contributed by atoms with Crippen molar-refractivity contribution in [2.24, 2.45) is 0 Å². The average molecular weight is 273 g/mol. The van der Waals surface area contributed by atoms with Crippen LogP contribution in [0.25, 0.3) is 11.3 Å². The Balaban J connectivity index is 2.44. The molecule has 0 bridgehead atoms. The molecular formula is C16H19NO3. The number of aromatic carboxylic acids is 1. The van der Waals surface area contributed by atoms with E-state index in [2.05, 4.69) is 19.0 Å². The minimum absolute atomic E-state index is 0.184. The molecule has 1 heterocycles. The zero-order chi connectivity index (χ0) is 14.7. The van der Waals surface area contributed by atoms with Gasteiger partial charge in [0, 0.05) is 12.0 Å². The molecule has 0 aliphatic rings. The van der Waals surface area contributed by atoms with Crippen molar-refractivity contribution in [1.82, 2.24) is 5.16 Å². The molecule has 0 amide bonds. The molecule has 0 aliphatic carbocycles. The highest BCUT2D eigenvalue weighted by Gasteiger charge is 2.22. The molecule has 0 fully saturated rings. The Morgan fingerprint density at radius 3 is 2.45 bits per heavy atom. The minimum Gasteiger partial charge on any atom is -0.477 e.